The molecular weight excluding hydrogens is 244 g/mol. The van der Waals surface area contributed by atoms with E-state index in [1.165, 1.54) is 38.5 Å². The molecule has 1 aliphatic rings. The van der Waals surface area contributed by atoms with E-state index in [0.29, 0.717) is 11.4 Å². The zero-order valence-electron chi connectivity index (χ0n) is 11.3. The van der Waals surface area contributed by atoms with E-state index in [2.05, 4.69) is 15.2 Å². The third-order valence-corrected chi connectivity index (χ3v) is 3.46. The fourth-order valence-electron chi connectivity index (χ4n) is 2.36. The van der Waals surface area contributed by atoms with Gasteiger partial charge in [-0.1, -0.05) is 6.42 Å². The van der Waals surface area contributed by atoms with Gasteiger partial charge in [0.1, 0.15) is 12.0 Å². The average Bonchev–Trinajstić information content (AvgIpc) is 2.39. The molecule has 2 rings (SSSR count). The summed E-state index contributed by atoms with van der Waals surface area (Å²) in [5, 5.41) is 13.9. The maximum absolute atomic E-state index is 10.7. The third kappa shape index (κ3) is 3.89. The molecule has 1 N–H and O–H groups in total. The van der Waals surface area contributed by atoms with Crippen molar-refractivity contribution >= 4 is 11.5 Å². The van der Waals surface area contributed by atoms with Gasteiger partial charge in [0.25, 0.3) is 5.69 Å². The summed E-state index contributed by atoms with van der Waals surface area (Å²) in [5.41, 5.74) is 0.710. The van der Waals surface area contributed by atoms with Crippen LogP contribution in [0.4, 0.5) is 11.5 Å². The number of hydrogen-bond donors (Lipinski definition) is 1. The smallest absolute Gasteiger partial charge is 0.290 e. The van der Waals surface area contributed by atoms with Gasteiger partial charge in [-0.2, -0.15) is 0 Å². The Bertz CT molecular complexity index is 444. The van der Waals surface area contributed by atoms with Crippen molar-refractivity contribution in [2.75, 3.05) is 31.5 Å². The van der Waals surface area contributed by atoms with Crippen LogP contribution in [-0.2, 0) is 0 Å². The Morgan fingerprint density at radius 2 is 2.16 bits per heavy atom. The molecule has 1 aliphatic heterocycles. The number of pyridine rings is 1. The van der Waals surface area contributed by atoms with E-state index in [1.54, 1.807) is 13.0 Å². The molecule has 6 heteroatoms. The van der Waals surface area contributed by atoms with Gasteiger partial charge in [0.15, 0.2) is 0 Å². The summed E-state index contributed by atoms with van der Waals surface area (Å²) < 4.78 is 0. The second kappa shape index (κ2) is 6.47. The zero-order valence-corrected chi connectivity index (χ0v) is 11.3. The number of aromatic nitrogens is 1. The number of nitrogens with one attached hydrogen (secondary N) is 1. The predicted molar refractivity (Wildman–Crippen MR) is 74.4 cm³/mol. The first-order chi connectivity index (χ1) is 9.16. The van der Waals surface area contributed by atoms with Gasteiger partial charge in [-0.3, -0.25) is 10.1 Å². The predicted octanol–water partition coefficient (Wildman–Crippen LogP) is 2.20. The number of hydrogen-bond acceptors (Lipinski definition) is 5. The summed E-state index contributed by atoms with van der Waals surface area (Å²) in [6, 6.07) is 1.73. The van der Waals surface area contributed by atoms with E-state index in [1.807, 2.05) is 0 Å². The summed E-state index contributed by atoms with van der Waals surface area (Å²) in [4.78, 5) is 16.8. The molecular formula is C13H20N4O2. The lowest BCUT2D eigenvalue weighted by Gasteiger charge is -2.26. The molecule has 0 saturated carbocycles. The normalized spacial score (nSPS) is 16.3. The Labute approximate surface area is 113 Å². The van der Waals surface area contributed by atoms with Crippen molar-refractivity contribution in [2.45, 2.75) is 26.2 Å². The van der Waals surface area contributed by atoms with Crippen LogP contribution in [0.5, 0.6) is 0 Å². The van der Waals surface area contributed by atoms with Gasteiger partial charge in [0.2, 0.25) is 0 Å². The van der Waals surface area contributed by atoms with Crippen molar-refractivity contribution in [3.8, 4) is 0 Å². The first kappa shape index (κ1) is 13.7. The van der Waals surface area contributed by atoms with Crippen LogP contribution in [0.1, 0.15) is 24.8 Å². The first-order valence-electron chi connectivity index (χ1n) is 6.74. The zero-order chi connectivity index (χ0) is 13.7. The van der Waals surface area contributed by atoms with Gasteiger partial charge in [-0.15, -0.1) is 0 Å². The fourth-order valence-corrected chi connectivity index (χ4v) is 2.36. The second-order valence-electron chi connectivity index (χ2n) is 4.94. The Kier molecular flexibility index (Phi) is 4.68. The maximum atomic E-state index is 10.7. The van der Waals surface area contributed by atoms with Crippen molar-refractivity contribution in [1.29, 1.82) is 0 Å². The largest absolute Gasteiger partial charge is 0.369 e. The molecule has 1 aromatic rings. The lowest BCUT2D eigenvalue weighted by molar-refractivity contribution is -0.385. The van der Waals surface area contributed by atoms with Crippen LogP contribution in [-0.4, -0.2) is 41.0 Å². The fraction of sp³-hybridized carbons (Fsp3) is 0.615. The van der Waals surface area contributed by atoms with Crippen molar-refractivity contribution < 1.29 is 4.92 Å². The third-order valence-electron chi connectivity index (χ3n) is 3.46. The molecule has 0 unspecified atom stereocenters. The summed E-state index contributed by atoms with van der Waals surface area (Å²) in [7, 11) is 0. The molecule has 104 valence electrons. The second-order valence-corrected chi connectivity index (χ2v) is 4.94. The molecule has 1 saturated heterocycles. The highest BCUT2D eigenvalue weighted by Gasteiger charge is 2.12. The summed E-state index contributed by atoms with van der Waals surface area (Å²) in [5.74, 6) is 0.708. The number of nitro groups is 1. The maximum Gasteiger partial charge on any atom is 0.290 e. The summed E-state index contributed by atoms with van der Waals surface area (Å²) in [6.45, 7) is 5.90. The lowest BCUT2D eigenvalue weighted by atomic mass is 10.1. The highest BCUT2D eigenvalue weighted by Crippen LogP contribution is 2.18. The van der Waals surface area contributed by atoms with Gasteiger partial charge in [0, 0.05) is 18.7 Å². The SMILES string of the molecule is Cc1cc(NCCN2CCCCC2)ncc1[N+](=O)[O-]. The van der Waals surface area contributed by atoms with Crippen LogP contribution in [0.2, 0.25) is 0 Å². The van der Waals surface area contributed by atoms with Crippen molar-refractivity contribution in [3.63, 3.8) is 0 Å². The van der Waals surface area contributed by atoms with Crippen LogP contribution < -0.4 is 5.32 Å². The number of rotatable bonds is 5. The number of piperidine rings is 1. The molecule has 6 nitrogen and oxygen atoms in total. The summed E-state index contributed by atoms with van der Waals surface area (Å²) >= 11 is 0. The van der Waals surface area contributed by atoms with Crippen molar-refractivity contribution in [3.05, 3.63) is 27.9 Å². The number of nitrogens with zero attached hydrogens (tertiary/aromatic N) is 3. The van der Waals surface area contributed by atoms with Gasteiger partial charge in [0.05, 0.1) is 4.92 Å². The Hall–Kier alpha value is -1.69. The Morgan fingerprint density at radius 1 is 1.42 bits per heavy atom. The van der Waals surface area contributed by atoms with Crippen LogP contribution in [0.3, 0.4) is 0 Å². The highest BCUT2D eigenvalue weighted by atomic mass is 16.6. The minimum Gasteiger partial charge on any atom is -0.369 e. The Balaban J connectivity index is 1.82. The molecule has 19 heavy (non-hydrogen) atoms. The molecule has 1 fully saturated rings. The van der Waals surface area contributed by atoms with Crippen molar-refractivity contribution in [2.24, 2.45) is 0 Å². The van der Waals surface area contributed by atoms with E-state index in [4.69, 9.17) is 0 Å². The van der Waals surface area contributed by atoms with Gasteiger partial charge >= 0.3 is 0 Å². The minimum absolute atomic E-state index is 0.0709. The number of aryl methyl sites for hydroxylation is 1. The van der Waals surface area contributed by atoms with Crippen molar-refractivity contribution in [1.82, 2.24) is 9.88 Å². The van der Waals surface area contributed by atoms with E-state index in [-0.39, 0.29) is 5.69 Å². The van der Waals surface area contributed by atoms with Crippen LogP contribution in [0.25, 0.3) is 0 Å². The molecule has 0 bridgehead atoms. The van der Waals surface area contributed by atoms with Crippen LogP contribution in [0, 0.1) is 17.0 Å². The van der Waals surface area contributed by atoms with E-state index < -0.39 is 4.92 Å². The molecule has 2 heterocycles. The molecule has 1 aromatic heterocycles. The topological polar surface area (TPSA) is 71.3 Å². The molecule has 0 spiro atoms. The lowest BCUT2D eigenvalue weighted by Crippen LogP contribution is -2.33. The monoisotopic (exact) mass is 264 g/mol. The number of anilines is 1. The van der Waals surface area contributed by atoms with E-state index >= 15 is 0 Å². The number of likely N-dealkylation sites (tertiary alicyclic amines) is 1. The molecule has 0 aliphatic carbocycles. The van der Waals surface area contributed by atoms with Gasteiger partial charge < -0.3 is 10.2 Å². The minimum atomic E-state index is -0.403. The van der Waals surface area contributed by atoms with Gasteiger partial charge in [-0.25, -0.2) is 4.98 Å². The van der Waals surface area contributed by atoms with Gasteiger partial charge in [-0.05, 0) is 38.9 Å². The molecule has 0 radical (unpaired) electrons. The quantitative estimate of drug-likeness (QED) is 0.652. The van der Waals surface area contributed by atoms with Crippen LogP contribution >= 0.6 is 0 Å². The standard InChI is InChI=1S/C13H20N4O2/c1-11-9-13(15-10-12(11)17(18)19)14-5-8-16-6-3-2-4-7-16/h9-10H,2-8H2,1H3,(H,14,15). The molecule has 0 aromatic carbocycles. The highest BCUT2D eigenvalue weighted by molar-refractivity contribution is 5.46. The first-order valence-corrected chi connectivity index (χ1v) is 6.74. The summed E-state index contributed by atoms with van der Waals surface area (Å²) in [6.07, 6.45) is 5.23. The molecule has 0 atom stereocenters. The molecule has 0 amide bonds. The average molecular weight is 264 g/mol. The van der Waals surface area contributed by atoms with Crippen LogP contribution in [0.15, 0.2) is 12.3 Å². The van der Waals surface area contributed by atoms with E-state index in [0.717, 1.165) is 13.1 Å². The van der Waals surface area contributed by atoms with E-state index in [9.17, 15) is 10.1 Å². The Morgan fingerprint density at radius 3 is 2.79 bits per heavy atom.